The van der Waals surface area contributed by atoms with Gasteiger partial charge in [-0.3, -0.25) is 4.79 Å². The number of carbonyl (C=O) groups excluding carboxylic acids is 1. The van der Waals surface area contributed by atoms with Gasteiger partial charge in [0.2, 0.25) is 0 Å². The van der Waals surface area contributed by atoms with Crippen molar-refractivity contribution >= 4 is 22.2 Å². The number of thiophene rings is 1. The number of amides is 1. The zero-order chi connectivity index (χ0) is 21.0. The Kier molecular flexibility index (Phi) is 6.78. The third-order valence-electron chi connectivity index (χ3n) is 5.29. The summed E-state index contributed by atoms with van der Waals surface area (Å²) in [4.78, 5) is 14.9. The molecule has 1 unspecified atom stereocenters. The van der Waals surface area contributed by atoms with Crippen LogP contribution in [0.2, 0.25) is 0 Å². The summed E-state index contributed by atoms with van der Waals surface area (Å²) < 4.78 is 10.6. The minimum Gasteiger partial charge on any atom is -0.493 e. The van der Waals surface area contributed by atoms with Gasteiger partial charge >= 0.3 is 0 Å². The van der Waals surface area contributed by atoms with E-state index >= 15 is 0 Å². The van der Waals surface area contributed by atoms with Gasteiger partial charge in [0.25, 0.3) is 5.91 Å². The summed E-state index contributed by atoms with van der Waals surface area (Å²) in [6, 6.07) is 8.09. The van der Waals surface area contributed by atoms with Gasteiger partial charge in [-0.2, -0.15) is 5.26 Å². The molecular formula is C22H28N3O3S+. The molecule has 0 fully saturated rings. The highest BCUT2D eigenvalue weighted by atomic mass is 32.1. The SMILES string of the molecule is COc1ccc(C[NH+](C)CC(=O)Nc2sc3c(c2C#N)CC[C@H](C)C3)cc1OC. The van der Waals surface area contributed by atoms with Crippen molar-refractivity contribution in [2.24, 2.45) is 5.92 Å². The number of likely N-dealkylation sites (N-methyl/N-ethyl adjacent to an activating group) is 1. The van der Waals surface area contributed by atoms with Gasteiger partial charge < -0.3 is 19.7 Å². The highest BCUT2D eigenvalue weighted by molar-refractivity contribution is 7.16. The lowest BCUT2D eigenvalue weighted by Crippen LogP contribution is -3.08. The number of anilines is 1. The van der Waals surface area contributed by atoms with Crippen molar-refractivity contribution in [1.29, 1.82) is 5.26 Å². The lowest BCUT2D eigenvalue weighted by atomic mass is 9.89. The fourth-order valence-electron chi connectivity index (χ4n) is 3.80. The average molecular weight is 415 g/mol. The molecule has 0 bridgehead atoms. The van der Waals surface area contributed by atoms with Crippen LogP contribution >= 0.6 is 11.3 Å². The van der Waals surface area contributed by atoms with Gasteiger partial charge in [-0.1, -0.05) is 6.92 Å². The Balaban J connectivity index is 1.63. The molecule has 29 heavy (non-hydrogen) atoms. The van der Waals surface area contributed by atoms with Crippen molar-refractivity contribution in [3.63, 3.8) is 0 Å². The van der Waals surface area contributed by atoms with Crippen molar-refractivity contribution in [2.45, 2.75) is 32.7 Å². The number of hydrogen-bond acceptors (Lipinski definition) is 5. The summed E-state index contributed by atoms with van der Waals surface area (Å²) in [6.45, 7) is 3.23. The molecule has 1 amide bonds. The number of carbonyl (C=O) groups is 1. The van der Waals surface area contributed by atoms with E-state index in [9.17, 15) is 10.1 Å². The smallest absolute Gasteiger partial charge is 0.280 e. The van der Waals surface area contributed by atoms with E-state index in [0.717, 1.165) is 35.3 Å². The van der Waals surface area contributed by atoms with Crippen LogP contribution in [0.25, 0.3) is 0 Å². The normalized spacial score (nSPS) is 16.4. The Morgan fingerprint density at radius 2 is 2.10 bits per heavy atom. The van der Waals surface area contributed by atoms with Crippen LogP contribution in [0.3, 0.4) is 0 Å². The fraction of sp³-hybridized carbons (Fsp3) is 0.455. The number of rotatable bonds is 7. The molecule has 1 heterocycles. The number of methoxy groups -OCH3 is 2. The second-order valence-electron chi connectivity index (χ2n) is 7.72. The lowest BCUT2D eigenvalue weighted by molar-refractivity contribution is -0.885. The largest absolute Gasteiger partial charge is 0.493 e. The average Bonchev–Trinajstić information content (AvgIpc) is 3.03. The van der Waals surface area contributed by atoms with Gasteiger partial charge in [0.15, 0.2) is 18.0 Å². The maximum absolute atomic E-state index is 12.6. The second-order valence-corrected chi connectivity index (χ2v) is 8.82. The van der Waals surface area contributed by atoms with Crippen LogP contribution < -0.4 is 19.7 Å². The lowest BCUT2D eigenvalue weighted by Gasteiger charge is -2.17. The van der Waals surface area contributed by atoms with E-state index in [4.69, 9.17) is 9.47 Å². The monoisotopic (exact) mass is 414 g/mol. The summed E-state index contributed by atoms with van der Waals surface area (Å²) in [5.74, 6) is 1.92. The van der Waals surface area contributed by atoms with E-state index in [1.807, 2.05) is 25.2 Å². The van der Waals surface area contributed by atoms with Crippen molar-refractivity contribution in [2.75, 3.05) is 33.1 Å². The molecule has 2 N–H and O–H groups in total. The highest BCUT2D eigenvalue weighted by Gasteiger charge is 2.25. The molecule has 0 spiro atoms. The molecule has 1 aliphatic rings. The molecular weight excluding hydrogens is 386 g/mol. The third kappa shape index (κ3) is 4.89. The Morgan fingerprint density at radius 1 is 1.34 bits per heavy atom. The van der Waals surface area contributed by atoms with E-state index in [0.29, 0.717) is 41.1 Å². The first kappa shape index (κ1) is 21.2. The van der Waals surface area contributed by atoms with Crippen LogP contribution in [0.4, 0.5) is 5.00 Å². The quantitative estimate of drug-likeness (QED) is 0.730. The molecule has 1 aliphatic carbocycles. The van der Waals surface area contributed by atoms with Crippen LogP contribution in [-0.4, -0.2) is 33.7 Å². The summed E-state index contributed by atoms with van der Waals surface area (Å²) in [5, 5.41) is 13.3. The number of benzene rings is 1. The van der Waals surface area contributed by atoms with Crippen LogP contribution in [-0.2, 0) is 24.2 Å². The van der Waals surface area contributed by atoms with E-state index in [1.54, 1.807) is 25.6 Å². The molecule has 3 rings (SSSR count). The van der Waals surface area contributed by atoms with Gasteiger partial charge in [0.05, 0.1) is 26.8 Å². The molecule has 1 aromatic carbocycles. The highest BCUT2D eigenvalue weighted by Crippen LogP contribution is 2.39. The van der Waals surface area contributed by atoms with E-state index in [2.05, 4.69) is 18.3 Å². The molecule has 0 saturated carbocycles. The first-order valence-corrected chi connectivity index (χ1v) is 10.6. The van der Waals surface area contributed by atoms with Crippen molar-refractivity contribution in [3.8, 4) is 17.6 Å². The zero-order valence-electron chi connectivity index (χ0n) is 17.4. The van der Waals surface area contributed by atoms with Gasteiger partial charge in [-0.25, -0.2) is 0 Å². The zero-order valence-corrected chi connectivity index (χ0v) is 18.2. The summed E-state index contributed by atoms with van der Waals surface area (Å²) >= 11 is 1.56. The predicted octanol–water partition coefficient (Wildman–Crippen LogP) is 2.42. The van der Waals surface area contributed by atoms with E-state index in [-0.39, 0.29) is 5.91 Å². The van der Waals surface area contributed by atoms with Crippen LogP contribution in [0.1, 0.15) is 34.9 Å². The Hall–Kier alpha value is -2.56. The molecule has 0 saturated heterocycles. The standard InChI is InChI=1S/C22H27N3O3S/c1-14-5-7-16-17(11-23)22(29-20(16)9-14)24-21(26)13-25(2)12-15-6-8-18(27-3)19(10-15)28-4/h6,8,10,14H,5,7,9,12-13H2,1-4H3,(H,24,26)/p+1/t14-/m0/s1. The van der Waals surface area contributed by atoms with E-state index < -0.39 is 0 Å². The third-order valence-corrected chi connectivity index (χ3v) is 6.46. The maximum Gasteiger partial charge on any atom is 0.280 e. The minimum absolute atomic E-state index is 0.0777. The van der Waals surface area contributed by atoms with E-state index in [1.165, 1.54) is 4.88 Å². The molecule has 0 aliphatic heterocycles. The van der Waals surface area contributed by atoms with Gasteiger partial charge in [0.1, 0.15) is 17.6 Å². The Morgan fingerprint density at radius 3 is 2.79 bits per heavy atom. The minimum atomic E-state index is -0.0777. The van der Waals surface area contributed by atoms with Crippen LogP contribution in [0, 0.1) is 17.2 Å². The maximum atomic E-state index is 12.6. The van der Waals surface area contributed by atoms with Gasteiger partial charge in [0, 0.05) is 10.4 Å². The van der Waals surface area contributed by atoms with Gasteiger partial charge in [-0.15, -0.1) is 11.3 Å². The number of quaternary nitrogens is 1. The number of nitriles is 1. The molecule has 6 nitrogen and oxygen atoms in total. The van der Waals surface area contributed by atoms with Crippen molar-refractivity contribution in [1.82, 2.24) is 0 Å². The number of hydrogen-bond donors (Lipinski definition) is 2. The molecule has 154 valence electrons. The summed E-state index contributed by atoms with van der Waals surface area (Å²) in [7, 11) is 5.19. The first-order chi connectivity index (χ1) is 13.9. The molecule has 7 heteroatoms. The Bertz CT molecular complexity index is 932. The predicted molar refractivity (Wildman–Crippen MR) is 114 cm³/mol. The van der Waals surface area contributed by atoms with Crippen LogP contribution in [0.15, 0.2) is 18.2 Å². The summed E-state index contributed by atoms with van der Waals surface area (Å²) in [6.07, 6.45) is 3.02. The second kappa shape index (κ2) is 9.29. The van der Waals surface area contributed by atoms with Crippen molar-refractivity contribution in [3.05, 3.63) is 39.8 Å². The molecule has 1 aromatic heterocycles. The molecule has 0 radical (unpaired) electrons. The van der Waals surface area contributed by atoms with Crippen LogP contribution in [0.5, 0.6) is 11.5 Å². The number of nitrogens with zero attached hydrogens (tertiary/aromatic N) is 1. The topological polar surface area (TPSA) is 75.8 Å². The molecule has 2 atom stereocenters. The number of fused-ring (bicyclic) bond motifs is 1. The first-order valence-electron chi connectivity index (χ1n) is 9.81. The fourth-order valence-corrected chi connectivity index (χ4v) is 5.18. The molecule has 2 aromatic rings. The summed E-state index contributed by atoms with van der Waals surface area (Å²) in [5.41, 5.74) is 2.85. The number of nitrogens with one attached hydrogen (secondary N) is 2. The van der Waals surface area contributed by atoms with Crippen molar-refractivity contribution < 1.29 is 19.2 Å². The number of ether oxygens (including phenoxy) is 2. The van der Waals surface area contributed by atoms with Gasteiger partial charge in [-0.05, 0) is 48.9 Å². The Labute approximate surface area is 176 Å².